The number of thiazole rings is 1. The van der Waals surface area contributed by atoms with Crippen LogP contribution in [0.5, 0.6) is 0 Å². The summed E-state index contributed by atoms with van der Waals surface area (Å²) in [5, 5.41) is 13.3. The Morgan fingerprint density at radius 3 is 2.45 bits per heavy atom. The third-order valence-electron chi connectivity index (χ3n) is 5.71. The van der Waals surface area contributed by atoms with E-state index in [1.807, 2.05) is 47.2 Å². The number of rotatable bonds is 10. The lowest BCUT2D eigenvalue weighted by molar-refractivity contribution is -0.114. The molecule has 0 saturated carbocycles. The maximum Gasteiger partial charge on any atom is 0.272 e. The molecule has 5 aromatic rings. The number of thioether (sulfide) groups is 1. The number of halogens is 1. The van der Waals surface area contributed by atoms with E-state index in [2.05, 4.69) is 20.9 Å². The van der Waals surface area contributed by atoms with E-state index in [1.165, 1.54) is 34.4 Å². The first-order valence-electron chi connectivity index (χ1n) is 12.6. The average Bonchev–Trinajstić information content (AvgIpc) is 3.69. The first kappa shape index (κ1) is 29.3. The van der Waals surface area contributed by atoms with E-state index < -0.39 is 5.91 Å². The molecule has 2 aromatic heterocycles. The molecule has 7 nitrogen and oxygen atoms in total. The van der Waals surface area contributed by atoms with Crippen molar-refractivity contribution in [1.29, 1.82) is 0 Å². The molecule has 3 amide bonds. The molecule has 0 aliphatic carbocycles. The fourth-order valence-corrected chi connectivity index (χ4v) is 5.98. The molecule has 3 N–H and O–H groups in total. The quantitative estimate of drug-likeness (QED) is 0.109. The van der Waals surface area contributed by atoms with E-state index in [4.69, 9.17) is 11.6 Å². The van der Waals surface area contributed by atoms with Gasteiger partial charge in [0.15, 0.2) is 5.13 Å². The van der Waals surface area contributed by atoms with Gasteiger partial charge < -0.3 is 16.0 Å². The van der Waals surface area contributed by atoms with Gasteiger partial charge in [-0.25, -0.2) is 4.98 Å². The van der Waals surface area contributed by atoms with E-state index >= 15 is 0 Å². The third-order valence-corrected chi connectivity index (χ3v) is 8.53. The molecular formula is C31H23ClN4O3S3. The Balaban J connectivity index is 1.19. The molecule has 0 unspecified atom stereocenters. The molecule has 0 bridgehead atoms. The summed E-state index contributed by atoms with van der Waals surface area (Å²) in [6.45, 7) is 0. The predicted octanol–water partition coefficient (Wildman–Crippen LogP) is 7.67. The van der Waals surface area contributed by atoms with Gasteiger partial charge in [-0.1, -0.05) is 54.1 Å². The van der Waals surface area contributed by atoms with Gasteiger partial charge in [-0.15, -0.1) is 34.4 Å². The molecule has 0 radical (unpaired) electrons. The van der Waals surface area contributed by atoms with Crippen LogP contribution in [0.3, 0.4) is 0 Å². The van der Waals surface area contributed by atoms with Gasteiger partial charge >= 0.3 is 0 Å². The van der Waals surface area contributed by atoms with Crippen molar-refractivity contribution in [2.75, 3.05) is 16.4 Å². The van der Waals surface area contributed by atoms with Crippen LogP contribution in [0.4, 0.5) is 10.8 Å². The lowest BCUT2D eigenvalue weighted by atomic mass is 10.2. The van der Waals surface area contributed by atoms with Crippen molar-refractivity contribution in [2.24, 2.45) is 0 Å². The Labute approximate surface area is 259 Å². The van der Waals surface area contributed by atoms with Crippen molar-refractivity contribution in [3.63, 3.8) is 0 Å². The van der Waals surface area contributed by atoms with Gasteiger partial charge in [0.2, 0.25) is 5.91 Å². The van der Waals surface area contributed by atoms with Gasteiger partial charge in [-0.3, -0.25) is 14.4 Å². The van der Waals surface area contributed by atoms with Crippen LogP contribution in [-0.4, -0.2) is 28.5 Å². The van der Waals surface area contributed by atoms with E-state index in [-0.39, 0.29) is 23.3 Å². The van der Waals surface area contributed by atoms with Crippen LogP contribution < -0.4 is 16.0 Å². The third kappa shape index (κ3) is 8.17. The molecule has 0 spiro atoms. The van der Waals surface area contributed by atoms with Crippen molar-refractivity contribution in [1.82, 2.24) is 10.3 Å². The standard InChI is InChI=1S/C31H23ClN4O3S3/c32-22-13-11-20(12-14-22)27-18-42-31(35-27)36-28(37)19-41-24-9-4-8-23(16-24)33-30(39)26(17-25-10-5-15-40-25)34-29(38)21-6-2-1-3-7-21/h1-18H,19H2,(H,33,39)(H,34,38)(H,35,36,37)/b26-17-. The number of benzene rings is 3. The van der Waals surface area contributed by atoms with Gasteiger partial charge in [-0.2, -0.15) is 0 Å². The molecule has 0 saturated heterocycles. The van der Waals surface area contributed by atoms with Crippen LogP contribution in [-0.2, 0) is 9.59 Å². The van der Waals surface area contributed by atoms with Gasteiger partial charge in [0.1, 0.15) is 5.70 Å². The molecule has 0 atom stereocenters. The number of anilines is 2. The maximum atomic E-state index is 13.2. The normalized spacial score (nSPS) is 11.1. The molecule has 0 aliphatic rings. The average molecular weight is 631 g/mol. The molecular weight excluding hydrogens is 608 g/mol. The fraction of sp³-hybridized carbons (Fsp3) is 0.0323. The lowest BCUT2D eigenvalue weighted by Gasteiger charge is -2.12. The lowest BCUT2D eigenvalue weighted by Crippen LogP contribution is -2.30. The summed E-state index contributed by atoms with van der Waals surface area (Å²) < 4.78 is 0. The minimum atomic E-state index is -0.465. The highest BCUT2D eigenvalue weighted by molar-refractivity contribution is 8.00. The van der Waals surface area contributed by atoms with Crippen molar-refractivity contribution >= 4 is 80.7 Å². The van der Waals surface area contributed by atoms with E-state index in [0.717, 1.165) is 21.0 Å². The Hall–Kier alpha value is -4.22. The summed E-state index contributed by atoms with van der Waals surface area (Å²) in [5.74, 6) is -0.891. The van der Waals surface area contributed by atoms with Crippen LogP contribution in [0.15, 0.2) is 112 Å². The summed E-state index contributed by atoms with van der Waals surface area (Å²) in [6.07, 6.45) is 1.64. The second-order valence-electron chi connectivity index (χ2n) is 8.76. The Bertz CT molecular complexity index is 1720. The SMILES string of the molecule is O=C(CSc1cccc(NC(=O)/C(=C/c2cccs2)NC(=O)c2ccccc2)c1)Nc1nc(-c2ccc(Cl)cc2)cs1. The monoisotopic (exact) mass is 630 g/mol. The Morgan fingerprint density at radius 2 is 1.69 bits per heavy atom. The van der Waals surface area contributed by atoms with E-state index in [1.54, 1.807) is 60.7 Å². The summed E-state index contributed by atoms with van der Waals surface area (Å²) in [7, 11) is 0. The number of carbonyl (C=O) groups is 3. The number of carbonyl (C=O) groups excluding carboxylic acids is 3. The first-order chi connectivity index (χ1) is 20.4. The van der Waals surface area contributed by atoms with Gasteiger partial charge in [0.25, 0.3) is 11.8 Å². The Kier molecular flexibility index (Phi) is 9.83. The fourth-order valence-electron chi connectivity index (χ4n) is 3.71. The molecule has 0 aliphatic heterocycles. The molecule has 5 rings (SSSR count). The second-order valence-corrected chi connectivity index (χ2v) is 12.1. The van der Waals surface area contributed by atoms with Crippen molar-refractivity contribution in [2.45, 2.75) is 4.90 Å². The van der Waals surface area contributed by atoms with Crippen LogP contribution in [0.1, 0.15) is 15.2 Å². The van der Waals surface area contributed by atoms with Gasteiger partial charge in [-0.05, 0) is 60.0 Å². The van der Waals surface area contributed by atoms with Crippen LogP contribution in [0.2, 0.25) is 5.02 Å². The highest BCUT2D eigenvalue weighted by Crippen LogP contribution is 2.27. The van der Waals surface area contributed by atoms with Crippen LogP contribution in [0, 0.1) is 0 Å². The number of nitrogens with one attached hydrogen (secondary N) is 3. The summed E-state index contributed by atoms with van der Waals surface area (Å²) in [4.78, 5) is 44.7. The first-order valence-corrected chi connectivity index (χ1v) is 15.7. The number of hydrogen-bond acceptors (Lipinski definition) is 7. The minimum absolute atomic E-state index is 0.116. The maximum absolute atomic E-state index is 13.2. The molecule has 210 valence electrons. The molecule has 11 heteroatoms. The second kappa shape index (κ2) is 14.1. The van der Waals surface area contributed by atoms with Crippen molar-refractivity contribution in [3.05, 3.63) is 123 Å². The van der Waals surface area contributed by atoms with Crippen LogP contribution >= 0.6 is 46.0 Å². The van der Waals surface area contributed by atoms with Crippen LogP contribution in [0.25, 0.3) is 17.3 Å². The number of amides is 3. The Morgan fingerprint density at radius 1 is 0.881 bits per heavy atom. The van der Waals surface area contributed by atoms with Gasteiger partial charge in [0.05, 0.1) is 11.4 Å². The zero-order valence-electron chi connectivity index (χ0n) is 21.9. The summed E-state index contributed by atoms with van der Waals surface area (Å²) >= 11 is 10.1. The number of aromatic nitrogens is 1. The zero-order valence-corrected chi connectivity index (χ0v) is 25.1. The summed E-state index contributed by atoms with van der Waals surface area (Å²) in [6, 6.07) is 26.9. The van der Waals surface area contributed by atoms with Crippen molar-refractivity contribution < 1.29 is 14.4 Å². The molecule has 2 heterocycles. The highest BCUT2D eigenvalue weighted by Gasteiger charge is 2.16. The summed E-state index contributed by atoms with van der Waals surface area (Å²) in [5.41, 5.74) is 2.76. The molecule has 3 aromatic carbocycles. The predicted molar refractivity (Wildman–Crippen MR) is 173 cm³/mol. The topological polar surface area (TPSA) is 100 Å². The minimum Gasteiger partial charge on any atom is -0.321 e. The molecule has 0 fully saturated rings. The largest absolute Gasteiger partial charge is 0.321 e. The highest BCUT2D eigenvalue weighted by atomic mass is 35.5. The molecule has 42 heavy (non-hydrogen) atoms. The smallest absolute Gasteiger partial charge is 0.272 e. The zero-order chi connectivity index (χ0) is 29.3. The van der Waals surface area contributed by atoms with Gasteiger partial charge in [0, 0.05) is 37.0 Å². The number of hydrogen-bond donors (Lipinski definition) is 3. The van der Waals surface area contributed by atoms with E-state index in [0.29, 0.717) is 21.4 Å². The van der Waals surface area contributed by atoms with Crippen molar-refractivity contribution in [3.8, 4) is 11.3 Å². The number of nitrogens with zero attached hydrogens (tertiary/aromatic N) is 1. The number of thiophene rings is 1. The van der Waals surface area contributed by atoms with E-state index in [9.17, 15) is 14.4 Å².